The fourth-order valence-electron chi connectivity index (χ4n) is 2.39. The van der Waals surface area contributed by atoms with Gasteiger partial charge >= 0.3 is 5.97 Å². The van der Waals surface area contributed by atoms with E-state index in [2.05, 4.69) is 0 Å². The Balaban J connectivity index is 2.18. The second-order valence-electron chi connectivity index (χ2n) is 6.29. The summed E-state index contributed by atoms with van der Waals surface area (Å²) in [5.41, 5.74) is -0.120. The van der Waals surface area contributed by atoms with Crippen molar-refractivity contribution in [3.05, 3.63) is 36.4 Å². The quantitative estimate of drug-likeness (QED) is 0.831. The van der Waals surface area contributed by atoms with Gasteiger partial charge in [-0.05, 0) is 36.1 Å². The summed E-state index contributed by atoms with van der Waals surface area (Å²) < 4.78 is 32.0. The van der Waals surface area contributed by atoms with Gasteiger partial charge in [-0.15, -0.1) is 0 Å². The number of ether oxygens (including phenoxy) is 1. The molecule has 1 N–H and O–H groups in total. The third-order valence-electron chi connectivity index (χ3n) is 3.57. The van der Waals surface area contributed by atoms with Gasteiger partial charge in [0.1, 0.15) is 5.75 Å². The number of hydrogen-bond acceptors (Lipinski definition) is 4. The first-order valence-electron chi connectivity index (χ1n) is 7.30. The highest BCUT2D eigenvalue weighted by Gasteiger charge is 2.31. The van der Waals surface area contributed by atoms with Crippen LogP contribution >= 0.6 is 0 Å². The Morgan fingerprint density at radius 1 is 1.26 bits per heavy atom. The number of allylic oxidation sites excluding steroid dienone is 1. The molecule has 0 atom stereocenters. The zero-order valence-electron chi connectivity index (χ0n) is 13.2. The molecule has 1 aliphatic heterocycles. The van der Waals surface area contributed by atoms with Gasteiger partial charge in [-0.2, -0.15) is 4.31 Å². The molecular formula is C16H21NO5S. The van der Waals surface area contributed by atoms with Gasteiger partial charge in [0.25, 0.3) is 0 Å². The Morgan fingerprint density at radius 2 is 1.91 bits per heavy atom. The average molecular weight is 339 g/mol. The second kappa shape index (κ2) is 6.72. The van der Waals surface area contributed by atoms with Crippen molar-refractivity contribution in [3.8, 4) is 5.75 Å². The molecule has 0 amide bonds. The van der Waals surface area contributed by atoms with Crippen LogP contribution in [0, 0.1) is 5.41 Å². The third kappa shape index (κ3) is 4.56. The maximum absolute atomic E-state index is 12.8. The van der Waals surface area contributed by atoms with E-state index >= 15 is 0 Å². The van der Waals surface area contributed by atoms with E-state index < -0.39 is 22.6 Å². The molecule has 0 saturated heterocycles. The number of nitrogens with zero attached hydrogens (tertiary/aromatic N) is 1. The van der Waals surface area contributed by atoms with Crippen LogP contribution in [-0.2, 0) is 14.8 Å². The van der Waals surface area contributed by atoms with Crippen LogP contribution in [0.5, 0.6) is 5.75 Å². The molecule has 0 unspecified atom stereocenters. The lowest BCUT2D eigenvalue weighted by Crippen LogP contribution is -2.37. The first kappa shape index (κ1) is 17.5. The number of carboxylic acids is 1. The summed E-state index contributed by atoms with van der Waals surface area (Å²) in [5, 5.41) is 8.57. The molecule has 0 fully saturated rings. The van der Waals surface area contributed by atoms with Crippen LogP contribution in [0.1, 0.15) is 20.3 Å². The van der Waals surface area contributed by atoms with E-state index in [-0.39, 0.29) is 10.3 Å². The topological polar surface area (TPSA) is 83.9 Å². The van der Waals surface area contributed by atoms with Gasteiger partial charge in [-0.3, -0.25) is 0 Å². The molecule has 1 aromatic rings. The summed E-state index contributed by atoms with van der Waals surface area (Å²) in [6, 6.07) is 5.81. The number of carbonyl (C=O) groups is 1. The summed E-state index contributed by atoms with van der Waals surface area (Å²) in [7, 11) is -3.59. The minimum absolute atomic E-state index is 0.120. The Labute approximate surface area is 136 Å². The van der Waals surface area contributed by atoms with Gasteiger partial charge in [0, 0.05) is 13.1 Å². The molecule has 6 nitrogen and oxygen atoms in total. The second-order valence-corrected chi connectivity index (χ2v) is 8.23. The first-order valence-corrected chi connectivity index (χ1v) is 8.74. The van der Waals surface area contributed by atoms with Crippen molar-refractivity contribution in [1.82, 2.24) is 4.31 Å². The molecule has 0 aromatic heterocycles. The molecule has 0 saturated carbocycles. The Morgan fingerprint density at radius 3 is 2.52 bits per heavy atom. The van der Waals surface area contributed by atoms with Crippen LogP contribution in [0.15, 0.2) is 41.3 Å². The van der Waals surface area contributed by atoms with E-state index in [1.807, 2.05) is 26.0 Å². The van der Waals surface area contributed by atoms with E-state index in [0.29, 0.717) is 18.8 Å². The molecule has 7 heteroatoms. The predicted octanol–water partition coefficient (Wildman–Crippen LogP) is 2.13. The molecule has 23 heavy (non-hydrogen) atoms. The zero-order valence-corrected chi connectivity index (χ0v) is 14.0. The van der Waals surface area contributed by atoms with E-state index in [1.165, 1.54) is 28.6 Å². The van der Waals surface area contributed by atoms with E-state index in [4.69, 9.17) is 9.84 Å². The SMILES string of the molecule is CC1(C)CC=CCN(S(=O)(=O)c2ccc(OCC(=O)O)cc2)C1. The van der Waals surface area contributed by atoms with Crippen molar-refractivity contribution >= 4 is 16.0 Å². The average Bonchev–Trinajstić information content (AvgIpc) is 2.66. The number of benzene rings is 1. The lowest BCUT2D eigenvalue weighted by atomic mass is 9.90. The predicted molar refractivity (Wildman–Crippen MR) is 85.9 cm³/mol. The lowest BCUT2D eigenvalue weighted by Gasteiger charge is -2.28. The zero-order chi connectivity index (χ0) is 17.1. The maximum atomic E-state index is 12.8. The van der Waals surface area contributed by atoms with Gasteiger partial charge in [-0.25, -0.2) is 13.2 Å². The van der Waals surface area contributed by atoms with Gasteiger partial charge in [0.2, 0.25) is 10.0 Å². The molecule has 126 valence electrons. The summed E-state index contributed by atoms with van der Waals surface area (Å²) >= 11 is 0. The minimum atomic E-state index is -3.59. The van der Waals surface area contributed by atoms with Gasteiger partial charge in [0.15, 0.2) is 6.61 Å². The molecule has 0 aliphatic carbocycles. The molecule has 1 heterocycles. The van der Waals surface area contributed by atoms with Crippen LogP contribution in [0.3, 0.4) is 0 Å². The molecule has 1 aromatic carbocycles. The molecular weight excluding hydrogens is 318 g/mol. The van der Waals surface area contributed by atoms with Crippen molar-refractivity contribution < 1.29 is 23.1 Å². The fraction of sp³-hybridized carbons (Fsp3) is 0.438. The van der Waals surface area contributed by atoms with Gasteiger partial charge in [0.05, 0.1) is 4.90 Å². The monoisotopic (exact) mass is 339 g/mol. The normalized spacial score (nSPS) is 18.3. The van der Waals surface area contributed by atoms with Gasteiger partial charge < -0.3 is 9.84 Å². The summed E-state index contributed by atoms with van der Waals surface area (Å²) in [5.74, 6) is -0.761. The highest BCUT2D eigenvalue weighted by atomic mass is 32.2. The Kier molecular flexibility index (Phi) is 5.11. The highest BCUT2D eigenvalue weighted by molar-refractivity contribution is 7.89. The Bertz CT molecular complexity index is 692. The smallest absolute Gasteiger partial charge is 0.341 e. The van der Waals surface area contributed by atoms with Crippen molar-refractivity contribution in [2.45, 2.75) is 25.2 Å². The Hall–Kier alpha value is -1.86. The van der Waals surface area contributed by atoms with Crippen LogP contribution in [0.2, 0.25) is 0 Å². The van der Waals surface area contributed by atoms with E-state index in [1.54, 1.807) is 0 Å². The van der Waals surface area contributed by atoms with Crippen molar-refractivity contribution in [2.75, 3.05) is 19.7 Å². The molecule has 0 radical (unpaired) electrons. The summed E-state index contributed by atoms with van der Waals surface area (Å²) in [6.07, 6.45) is 4.72. The van der Waals surface area contributed by atoms with E-state index in [9.17, 15) is 13.2 Å². The van der Waals surface area contributed by atoms with Crippen molar-refractivity contribution in [3.63, 3.8) is 0 Å². The summed E-state index contributed by atoms with van der Waals surface area (Å²) in [6.45, 7) is 4.40. The lowest BCUT2D eigenvalue weighted by molar-refractivity contribution is -0.139. The number of aliphatic carboxylic acids is 1. The minimum Gasteiger partial charge on any atom is -0.482 e. The van der Waals surface area contributed by atoms with Crippen LogP contribution in [0.25, 0.3) is 0 Å². The van der Waals surface area contributed by atoms with Crippen LogP contribution in [-0.4, -0.2) is 43.5 Å². The van der Waals surface area contributed by atoms with Gasteiger partial charge in [-0.1, -0.05) is 26.0 Å². The van der Waals surface area contributed by atoms with Crippen molar-refractivity contribution in [1.29, 1.82) is 0 Å². The maximum Gasteiger partial charge on any atom is 0.341 e. The molecule has 2 rings (SSSR count). The molecule has 1 aliphatic rings. The van der Waals surface area contributed by atoms with Crippen molar-refractivity contribution in [2.24, 2.45) is 5.41 Å². The van der Waals surface area contributed by atoms with Crippen LogP contribution in [0.4, 0.5) is 0 Å². The number of sulfonamides is 1. The number of carboxylic acid groups (broad SMARTS) is 1. The first-order chi connectivity index (χ1) is 10.7. The third-order valence-corrected chi connectivity index (χ3v) is 5.40. The summed E-state index contributed by atoms with van der Waals surface area (Å²) in [4.78, 5) is 10.6. The highest BCUT2D eigenvalue weighted by Crippen LogP contribution is 2.29. The molecule has 0 bridgehead atoms. The number of hydrogen-bond donors (Lipinski definition) is 1. The van der Waals surface area contributed by atoms with E-state index in [0.717, 1.165) is 6.42 Å². The van der Waals surface area contributed by atoms with Crippen LogP contribution < -0.4 is 4.74 Å². The standard InChI is InChI=1S/C16H21NO5S/c1-16(2)9-3-4-10-17(12-16)23(20,21)14-7-5-13(6-8-14)22-11-15(18)19/h3-8H,9-12H2,1-2H3,(H,18,19). The largest absolute Gasteiger partial charge is 0.482 e. The fourth-order valence-corrected chi connectivity index (χ4v) is 3.97. The number of rotatable bonds is 5. The molecule has 0 spiro atoms.